The maximum absolute atomic E-state index is 12.7. The van der Waals surface area contributed by atoms with Crippen molar-refractivity contribution in [3.63, 3.8) is 0 Å². The molecule has 1 unspecified atom stereocenters. The summed E-state index contributed by atoms with van der Waals surface area (Å²) in [6.07, 6.45) is 5.93. The van der Waals surface area contributed by atoms with Gasteiger partial charge in [0, 0.05) is 37.6 Å². The van der Waals surface area contributed by atoms with Crippen LogP contribution in [0.15, 0.2) is 17.2 Å². The Morgan fingerprint density at radius 2 is 2.19 bits per heavy atom. The van der Waals surface area contributed by atoms with E-state index in [4.69, 9.17) is 0 Å². The molecule has 1 aromatic heterocycles. The van der Waals surface area contributed by atoms with Gasteiger partial charge >= 0.3 is 0 Å². The largest absolute Gasteiger partial charge is 0.348 e. The lowest BCUT2D eigenvalue weighted by molar-refractivity contribution is 0.502. The molecule has 0 saturated carbocycles. The third kappa shape index (κ3) is 4.06. The zero-order valence-corrected chi connectivity index (χ0v) is 13.7. The first kappa shape index (κ1) is 16.0. The second-order valence-electron chi connectivity index (χ2n) is 6.64. The van der Waals surface area contributed by atoms with E-state index in [0.717, 1.165) is 19.6 Å². The second-order valence-corrected chi connectivity index (χ2v) is 6.64. The SMILES string of the molecule is CC(C)Cn1ccnc(N(CC2CCCN2)C(C)C)c1=O. The molecular weight excluding hydrogens is 264 g/mol. The maximum Gasteiger partial charge on any atom is 0.293 e. The van der Waals surface area contributed by atoms with Crippen LogP contribution in [0.1, 0.15) is 40.5 Å². The number of anilines is 1. The Kier molecular flexibility index (Phi) is 5.39. The van der Waals surface area contributed by atoms with Gasteiger partial charge in [-0.3, -0.25) is 4.79 Å². The molecule has 1 atom stereocenters. The first-order valence-electron chi connectivity index (χ1n) is 8.04. The predicted molar refractivity (Wildman–Crippen MR) is 86.8 cm³/mol. The van der Waals surface area contributed by atoms with Crippen LogP contribution in [0.5, 0.6) is 0 Å². The molecule has 0 bridgehead atoms. The van der Waals surface area contributed by atoms with Crippen molar-refractivity contribution in [3.05, 3.63) is 22.7 Å². The second kappa shape index (κ2) is 7.07. The average molecular weight is 292 g/mol. The van der Waals surface area contributed by atoms with Crippen LogP contribution in [0.3, 0.4) is 0 Å². The summed E-state index contributed by atoms with van der Waals surface area (Å²) in [7, 11) is 0. The highest BCUT2D eigenvalue weighted by molar-refractivity contribution is 5.37. The molecule has 1 aliphatic rings. The van der Waals surface area contributed by atoms with Gasteiger partial charge in [0.2, 0.25) is 0 Å². The zero-order valence-electron chi connectivity index (χ0n) is 13.7. The fourth-order valence-electron chi connectivity index (χ4n) is 2.86. The molecule has 0 spiro atoms. The van der Waals surface area contributed by atoms with E-state index in [2.05, 4.69) is 42.9 Å². The van der Waals surface area contributed by atoms with Gasteiger partial charge in [0.1, 0.15) is 0 Å². The van der Waals surface area contributed by atoms with Crippen LogP contribution in [-0.2, 0) is 6.54 Å². The van der Waals surface area contributed by atoms with Crippen molar-refractivity contribution in [2.45, 2.75) is 59.2 Å². The van der Waals surface area contributed by atoms with Crippen molar-refractivity contribution in [1.82, 2.24) is 14.9 Å². The first-order chi connectivity index (χ1) is 9.99. The lowest BCUT2D eigenvalue weighted by atomic mass is 10.2. The van der Waals surface area contributed by atoms with Crippen molar-refractivity contribution < 1.29 is 0 Å². The van der Waals surface area contributed by atoms with Crippen molar-refractivity contribution in [3.8, 4) is 0 Å². The Labute approximate surface area is 127 Å². The molecule has 1 aromatic rings. The fourth-order valence-corrected chi connectivity index (χ4v) is 2.86. The highest BCUT2D eigenvalue weighted by Gasteiger charge is 2.23. The monoisotopic (exact) mass is 292 g/mol. The molecule has 1 saturated heterocycles. The molecule has 5 nitrogen and oxygen atoms in total. The lowest BCUT2D eigenvalue weighted by Crippen LogP contribution is -2.45. The van der Waals surface area contributed by atoms with Crippen LogP contribution in [0.2, 0.25) is 0 Å². The van der Waals surface area contributed by atoms with Crippen LogP contribution < -0.4 is 15.8 Å². The third-order valence-corrected chi connectivity index (χ3v) is 3.93. The number of rotatable bonds is 6. The standard InChI is InChI=1S/C16H28N4O/c1-12(2)10-19-9-8-18-15(16(19)21)20(13(3)4)11-14-6-5-7-17-14/h8-9,12-14,17H,5-7,10-11H2,1-4H3. The van der Waals surface area contributed by atoms with Gasteiger partial charge in [0.25, 0.3) is 5.56 Å². The molecule has 5 heteroatoms. The number of hydrogen-bond donors (Lipinski definition) is 1. The van der Waals surface area contributed by atoms with E-state index < -0.39 is 0 Å². The highest BCUT2D eigenvalue weighted by atomic mass is 16.1. The molecular formula is C16H28N4O. The summed E-state index contributed by atoms with van der Waals surface area (Å²) >= 11 is 0. The smallest absolute Gasteiger partial charge is 0.293 e. The van der Waals surface area contributed by atoms with Crippen LogP contribution in [0, 0.1) is 5.92 Å². The van der Waals surface area contributed by atoms with Gasteiger partial charge in [-0.2, -0.15) is 0 Å². The van der Waals surface area contributed by atoms with Crippen LogP contribution >= 0.6 is 0 Å². The maximum atomic E-state index is 12.7. The number of aromatic nitrogens is 2. The summed E-state index contributed by atoms with van der Waals surface area (Å²) < 4.78 is 1.78. The Hall–Kier alpha value is -1.36. The van der Waals surface area contributed by atoms with Gasteiger partial charge in [-0.05, 0) is 39.2 Å². The van der Waals surface area contributed by atoms with E-state index in [1.807, 2.05) is 0 Å². The summed E-state index contributed by atoms with van der Waals surface area (Å²) in [6, 6.07) is 0.731. The summed E-state index contributed by atoms with van der Waals surface area (Å²) in [6.45, 7) is 11.2. The van der Waals surface area contributed by atoms with Crippen LogP contribution in [0.25, 0.3) is 0 Å². The molecule has 0 amide bonds. The summed E-state index contributed by atoms with van der Waals surface area (Å²) in [5.74, 6) is 1.03. The van der Waals surface area contributed by atoms with E-state index in [1.165, 1.54) is 12.8 Å². The van der Waals surface area contributed by atoms with E-state index in [0.29, 0.717) is 17.8 Å². The van der Waals surface area contributed by atoms with Crippen molar-refractivity contribution >= 4 is 5.82 Å². The van der Waals surface area contributed by atoms with E-state index in [1.54, 1.807) is 17.0 Å². The quantitative estimate of drug-likeness (QED) is 0.869. The Morgan fingerprint density at radius 3 is 2.76 bits per heavy atom. The molecule has 0 aromatic carbocycles. The van der Waals surface area contributed by atoms with Gasteiger partial charge < -0.3 is 14.8 Å². The Morgan fingerprint density at radius 1 is 1.43 bits per heavy atom. The molecule has 1 N–H and O–H groups in total. The molecule has 2 heterocycles. The fraction of sp³-hybridized carbons (Fsp3) is 0.750. The highest BCUT2D eigenvalue weighted by Crippen LogP contribution is 2.14. The van der Waals surface area contributed by atoms with Crippen molar-refractivity contribution in [2.24, 2.45) is 5.92 Å². The van der Waals surface area contributed by atoms with Gasteiger partial charge in [0.05, 0.1) is 0 Å². The topological polar surface area (TPSA) is 50.2 Å². The number of nitrogens with one attached hydrogen (secondary N) is 1. The Balaban J connectivity index is 2.25. The van der Waals surface area contributed by atoms with Crippen LogP contribution in [0.4, 0.5) is 5.82 Å². The van der Waals surface area contributed by atoms with E-state index >= 15 is 0 Å². The average Bonchev–Trinajstić information content (AvgIpc) is 2.91. The summed E-state index contributed by atoms with van der Waals surface area (Å²) in [5, 5.41) is 3.50. The molecule has 0 aliphatic carbocycles. The van der Waals surface area contributed by atoms with Crippen molar-refractivity contribution in [1.29, 1.82) is 0 Å². The lowest BCUT2D eigenvalue weighted by Gasteiger charge is -2.30. The minimum Gasteiger partial charge on any atom is -0.348 e. The molecule has 118 valence electrons. The Bertz CT molecular complexity index is 503. The minimum atomic E-state index is 0.0258. The molecule has 1 aliphatic heterocycles. The molecule has 0 radical (unpaired) electrons. The minimum absolute atomic E-state index is 0.0258. The zero-order chi connectivity index (χ0) is 15.4. The normalized spacial score (nSPS) is 18.7. The van der Waals surface area contributed by atoms with Crippen molar-refractivity contribution in [2.75, 3.05) is 18.0 Å². The predicted octanol–water partition coefficient (Wildman–Crippen LogP) is 1.87. The van der Waals surface area contributed by atoms with E-state index in [-0.39, 0.29) is 11.6 Å². The van der Waals surface area contributed by atoms with Gasteiger partial charge in [0.15, 0.2) is 5.82 Å². The number of hydrogen-bond acceptors (Lipinski definition) is 4. The summed E-state index contributed by atoms with van der Waals surface area (Å²) in [5.41, 5.74) is 0.0258. The van der Waals surface area contributed by atoms with Gasteiger partial charge in [-0.1, -0.05) is 13.8 Å². The van der Waals surface area contributed by atoms with E-state index in [9.17, 15) is 4.79 Å². The first-order valence-corrected chi connectivity index (χ1v) is 8.04. The van der Waals surface area contributed by atoms with Crippen LogP contribution in [-0.4, -0.2) is 34.7 Å². The molecule has 21 heavy (non-hydrogen) atoms. The molecule has 2 rings (SSSR count). The number of nitrogens with zero attached hydrogens (tertiary/aromatic N) is 3. The van der Waals surface area contributed by atoms with Gasteiger partial charge in [-0.25, -0.2) is 4.98 Å². The third-order valence-electron chi connectivity index (χ3n) is 3.93. The van der Waals surface area contributed by atoms with Gasteiger partial charge in [-0.15, -0.1) is 0 Å². The summed E-state index contributed by atoms with van der Waals surface area (Å²) in [4.78, 5) is 19.2. The molecule has 1 fully saturated rings.